The maximum absolute atomic E-state index is 12.9. The predicted octanol–water partition coefficient (Wildman–Crippen LogP) is 3.51. The van der Waals surface area contributed by atoms with Gasteiger partial charge in [0.2, 0.25) is 5.91 Å². The van der Waals surface area contributed by atoms with Crippen LogP contribution in [0.2, 0.25) is 0 Å². The van der Waals surface area contributed by atoms with Gasteiger partial charge in [0.05, 0.1) is 11.4 Å². The first-order valence-corrected chi connectivity index (χ1v) is 10.7. The van der Waals surface area contributed by atoms with Crippen LogP contribution in [-0.2, 0) is 11.3 Å². The largest absolute Gasteiger partial charge is 0.361 e. The fraction of sp³-hybridized carbons (Fsp3) is 0.524. The Kier molecular flexibility index (Phi) is 5.55. The molecule has 2 atom stereocenters. The smallest absolute Gasteiger partial charge is 0.233 e. The quantitative estimate of drug-likeness (QED) is 0.737. The number of benzene rings is 1. The molecule has 1 aromatic heterocycles. The second-order valence-electron chi connectivity index (χ2n) is 7.74. The van der Waals surface area contributed by atoms with Gasteiger partial charge < -0.3 is 9.42 Å². The minimum absolute atomic E-state index is 0.276. The zero-order chi connectivity index (χ0) is 18.8. The number of hydrogen-bond donors (Lipinski definition) is 0. The van der Waals surface area contributed by atoms with Crippen molar-refractivity contribution in [2.24, 2.45) is 5.92 Å². The van der Waals surface area contributed by atoms with Gasteiger partial charge in [0, 0.05) is 42.7 Å². The number of rotatable bonds is 5. The molecule has 2 bridgehead atoms. The van der Waals surface area contributed by atoms with E-state index in [2.05, 4.69) is 27.1 Å². The fourth-order valence-corrected chi connectivity index (χ4v) is 5.12. The highest BCUT2D eigenvalue weighted by Gasteiger charge is 2.37. The summed E-state index contributed by atoms with van der Waals surface area (Å²) in [6.45, 7) is 7.76. The molecular formula is C21H27N3O2S. The Labute approximate surface area is 165 Å². The Hall–Kier alpha value is -1.79. The molecule has 0 spiro atoms. The SMILES string of the molecule is Cc1noc(C)c1CN1C[C@@H]2CC[C@H](C1)N(C(=O)CSc1ccccc1)C2. The summed E-state index contributed by atoms with van der Waals surface area (Å²) in [6, 6.07) is 10.5. The van der Waals surface area contributed by atoms with Gasteiger partial charge in [-0.3, -0.25) is 9.69 Å². The van der Waals surface area contributed by atoms with Gasteiger partial charge in [0.1, 0.15) is 5.76 Å². The van der Waals surface area contributed by atoms with E-state index >= 15 is 0 Å². The van der Waals surface area contributed by atoms with Gasteiger partial charge in [0.25, 0.3) is 0 Å². The van der Waals surface area contributed by atoms with E-state index in [0.717, 1.165) is 48.9 Å². The molecule has 6 heteroatoms. The minimum atomic E-state index is 0.276. The molecule has 0 aliphatic carbocycles. The van der Waals surface area contributed by atoms with E-state index in [1.54, 1.807) is 11.8 Å². The zero-order valence-electron chi connectivity index (χ0n) is 16.1. The van der Waals surface area contributed by atoms with E-state index in [9.17, 15) is 4.79 Å². The van der Waals surface area contributed by atoms with Crippen LogP contribution in [0.25, 0.3) is 0 Å². The molecule has 0 radical (unpaired) electrons. The van der Waals surface area contributed by atoms with Crippen molar-refractivity contribution in [3.63, 3.8) is 0 Å². The monoisotopic (exact) mass is 385 g/mol. The Balaban J connectivity index is 1.39. The van der Waals surface area contributed by atoms with E-state index in [1.807, 2.05) is 32.0 Å². The van der Waals surface area contributed by atoms with Crippen molar-refractivity contribution in [3.8, 4) is 0 Å². The molecule has 144 valence electrons. The van der Waals surface area contributed by atoms with Crippen molar-refractivity contribution in [3.05, 3.63) is 47.3 Å². The number of fused-ring (bicyclic) bond motifs is 4. The highest BCUT2D eigenvalue weighted by atomic mass is 32.2. The lowest BCUT2D eigenvalue weighted by Crippen LogP contribution is -2.48. The number of aromatic nitrogens is 1. The molecule has 1 aromatic carbocycles. The summed E-state index contributed by atoms with van der Waals surface area (Å²) in [4.78, 5) is 18.7. The number of hydrogen-bond acceptors (Lipinski definition) is 5. The molecule has 3 aliphatic rings. The lowest BCUT2D eigenvalue weighted by atomic mass is 9.95. The molecular weight excluding hydrogens is 358 g/mol. The first-order chi connectivity index (χ1) is 13.1. The lowest BCUT2D eigenvalue weighted by molar-refractivity contribution is -0.132. The van der Waals surface area contributed by atoms with Crippen LogP contribution in [0.1, 0.15) is 29.9 Å². The highest BCUT2D eigenvalue weighted by molar-refractivity contribution is 8.00. The number of amides is 1. The number of nitrogens with zero attached hydrogens (tertiary/aromatic N) is 3. The van der Waals surface area contributed by atoms with Gasteiger partial charge in [-0.1, -0.05) is 23.4 Å². The third kappa shape index (κ3) is 4.22. The molecule has 0 saturated carbocycles. The van der Waals surface area contributed by atoms with Crippen molar-refractivity contribution in [2.75, 3.05) is 25.4 Å². The zero-order valence-corrected chi connectivity index (χ0v) is 16.9. The molecule has 3 fully saturated rings. The number of piperidine rings is 1. The molecule has 0 unspecified atom stereocenters. The van der Waals surface area contributed by atoms with Crippen molar-refractivity contribution in [1.82, 2.24) is 15.0 Å². The molecule has 4 heterocycles. The Morgan fingerprint density at radius 2 is 2.00 bits per heavy atom. The van der Waals surface area contributed by atoms with Crippen LogP contribution in [0.5, 0.6) is 0 Å². The van der Waals surface area contributed by atoms with Crippen molar-refractivity contribution in [1.29, 1.82) is 0 Å². The van der Waals surface area contributed by atoms with Crippen molar-refractivity contribution in [2.45, 2.75) is 44.2 Å². The van der Waals surface area contributed by atoms with Gasteiger partial charge in [-0.2, -0.15) is 0 Å². The Bertz CT molecular complexity index is 772. The van der Waals surface area contributed by atoms with Gasteiger partial charge >= 0.3 is 0 Å². The molecule has 2 aromatic rings. The van der Waals surface area contributed by atoms with E-state index in [4.69, 9.17) is 4.52 Å². The van der Waals surface area contributed by atoms with Crippen molar-refractivity contribution >= 4 is 17.7 Å². The third-order valence-electron chi connectivity index (χ3n) is 5.78. The van der Waals surface area contributed by atoms with E-state index in [-0.39, 0.29) is 5.91 Å². The molecule has 3 aliphatic heterocycles. The summed E-state index contributed by atoms with van der Waals surface area (Å²) < 4.78 is 5.33. The normalized spacial score (nSPS) is 22.8. The van der Waals surface area contributed by atoms with Crippen LogP contribution in [0.4, 0.5) is 0 Å². The van der Waals surface area contributed by atoms with Crippen LogP contribution in [-0.4, -0.2) is 52.3 Å². The molecule has 1 amide bonds. The summed E-state index contributed by atoms with van der Waals surface area (Å²) in [5, 5.41) is 4.09. The van der Waals surface area contributed by atoms with Crippen molar-refractivity contribution < 1.29 is 9.32 Å². The standard InChI is InChI=1S/C21H27N3O2S/c1-15-20(16(2)26-22-15)13-23-10-17-8-9-18(12-23)24(11-17)21(25)14-27-19-6-4-3-5-7-19/h3-7,17-18H,8-14H2,1-2H3/t17-,18+/m0/s1. The van der Waals surface area contributed by atoms with Crippen LogP contribution in [0.15, 0.2) is 39.8 Å². The summed E-state index contributed by atoms with van der Waals surface area (Å²) in [6.07, 6.45) is 2.34. The van der Waals surface area contributed by atoms with Crippen LogP contribution in [0, 0.1) is 19.8 Å². The summed E-state index contributed by atoms with van der Waals surface area (Å²) in [5.41, 5.74) is 2.19. The molecule has 5 rings (SSSR count). The second-order valence-corrected chi connectivity index (χ2v) is 8.79. The van der Waals surface area contributed by atoms with Gasteiger partial charge in [0.15, 0.2) is 0 Å². The van der Waals surface area contributed by atoms with Gasteiger partial charge in [-0.15, -0.1) is 11.8 Å². The Morgan fingerprint density at radius 1 is 1.19 bits per heavy atom. The molecule has 3 saturated heterocycles. The minimum Gasteiger partial charge on any atom is -0.361 e. The molecule has 27 heavy (non-hydrogen) atoms. The van der Waals surface area contributed by atoms with E-state index in [1.165, 1.54) is 12.0 Å². The molecule has 5 nitrogen and oxygen atoms in total. The third-order valence-corrected chi connectivity index (χ3v) is 6.77. The van der Waals surface area contributed by atoms with E-state index in [0.29, 0.717) is 17.7 Å². The second kappa shape index (κ2) is 8.07. The lowest BCUT2D eigenvalue weighted by Gasteiger charge is -2.36. The van der Waals surface area contributed by atoms with Crippen LogP contribution < -0.4 is 0 Å². The Morgan fingerprint density at radius 3 is 2.74 bits per heavy atom. The average molecular weight is 386 g/mol. The fourth-order valence-electron chi connectivity index (χ4n) is 4.31. The number of aryl methyl sites for hydroxylation is 2. The summed E-state index contributed by atoms with van der Waals surface area (Å²) >= 11 is 1.64. The summed E-state index contributed by atoms with van der Waals surface area (Å²) in [5.74, 6) is 2.28. The predicted molar refractivity (Wildman–Crippen MR) is 107 cm³/mol. The van der Waals surface area contributed by atoms with E-state index < -0.39 is 0 Å². The van der Waals surface area contributed by atoms with Crippen LogP contribution in [0.3, 0.4) is 0 Å². The number of thioether (sulfide) groups is 1. The van der Waals surface area contributed by atoms with Crippen LogP contribution >= 0.6 is 11.8 Å². The average Bonchev–Trinajstić information content (AvgIpc) is 2.86. The molecule has 0 N–H and O–H groups in total. The topological polar surface area (TPSA) is 49.6 Å². The number of carbonyl (C=O) groups is 1. The first-order valence-electron chi connectivity index (χ1n) is 9.71. The number of carbonyl (C=O) groups excluding carboxylic acids is 1. The maximum atomic E-state index is 12.9. The first kappa shape index (κ1) is 18.6. The van der Waals surface area contributed by atoms with Gasteiger partial charge in [-0.25, -0.2) is 0 Å². The van der Waals surface area contributed by atoms with Gasteiger partial charge in [-0.05, 0) is 44.7 Å². The highest BCUT2D eigenvalue weighted by Crippen LogP contribution is 2.30. The summed E-state index contributed by atoms with van der Waals surface area (Å²) in [7, 11) is 0. The maximum Gasteiger partial charge on any atom is 0.233 e.